The standard InChI is InChI=1S/C14H11N3O5/c1-16-13(19)10(12(18)15-14(16)20)7-4-6-9-5-2-3-8-11(9)17(21)22/h2-8H,1H3,(H,15,18,20)/b6-4+,10-7+. The molecule has 1 N–H and O–H groups in total. The summed E-state index contributed by atoms with van der Waals surface area (Å²) in [5.41, 5.74) is 0.0123. The maximum absolute atomic E-state index is 11.8. The van der Waals surface area contributed by atoms with Crippen LogP contribution in [0.25, 0.3) is 6.08 Å². The van der Waals surface area contributed by atoms with Gasteiger partial charge in [-0.3, -0.25) is 29.9 Å². The molecule has 0 radical (unpaired) electrons. The van der Waals surface area contributed by atoms with Gasteiger partial charge in [0, 0.05) is 13.1 Å². The summed E-state index contributed by atoms with van der Waals surface area (Å²) in [7, 11) is 1.24. The minimum absolute atomic E-state index is 0.0936. The molecule has 8 nitrogen and oxygen atoms in total. The lowest BCUT2D eigenvalue weighted by atomic mass is 10.1. The Morgan fingerprint density at radius 2 is 1.91 bits per heavy atom. The second-order valence-electron chi connectivity index (χ2n) is 4.38. The van der Waals surface area contributed by atoms with Crippen molar-refractivity contribution in [3.8, 4) is 0 Å². The molecule has 1 aliphatic rings. The zero-order chi connectivity index (χ0) is 16.3. The van der Waals surface area contributed by atoms with E-state index in [4.69, 9.17) is 0 Å². The summed E-state index contributed by atoms with van der Waals surface area (Å²) in [5.74, 6) is -1.54. The molecule has 2 rings (SSSR count). The molecule has 0 aliphatic carbocycles. The molecule has 112 valence electrons. The van der Waals surface area contributed by atoms with Crippen molar-refractivity contribution in [1.82, 2.24) is 10.2 Å². The number of likely N-dealkylation sites (N-methyl/N-ethyl adjacent to an activating group) is 1. The van der Waals surface area contributed by atoms with Crippen LogP contribution in [0.4, 0.5) is 10.5 Å². The monoisotopic (exact) mass is 301 g/mol. The van der Waals surface area contributed by atoms with Crippen LogP contribution < -0.4 is 5.32 Å². The number of nitro benzene ring substituents is 1. The van der Waals surface area contributed by atoms with Crippen LogP contribution in [0.3, 0.4) is 0 Å². The van der Waals surface area contributed by atoms with E-state index in [0.29, 0.717) is 5.56 Å². The van der Waals surface area contributed by atoms with Crippen LogP contribution in [0.15, 0.2) is 42.0 Å². The average Bonchev–Trinajstić information content (AvgIpc) is 2.48. The number of hydrogen-bond donors (Lipinski definition) is 1. The van der Waals surface area contributed by atoms with Crippen LogP contribution in [0.2, 0.25) is 0 Å². The van der Waals surface area contributed by atoms with Crippen LogP contribution in [0, 0.1) is 10.1 Å². The van der Waals surface area contributed by atoms with Gasteiger partial charge in [0.1, 0.15) is 5.57 Å². The summed E-state index contributed by atoms with van der Waals surface area (Å²) in [6.07, 6.45) is 3.96. The Morgan fingerprint density at radius 3 is 2.59 bits per heavy atom. The predicted molar refractivity (Wildman–Crippen MR) is 76.5 cm³/mol. The SMILES string of the molecule is CN1C(=O)NC(=O)/C(=C\C=C\c2ccccc2[N+](=O)[O-])C1=O. The summed E-state index contributed by atoms with van der Waals surface area (Å²) in [6, 6.07) is 5.25. The maximum atomic E-state index is 11.8. The van der Waals surface area contributed by atoms with E-state index in [1.807, 2.05) is 5.32 Å². The Balaban J connectivity index is 2.28. The second kappa shape index (κ2) is 6.00. The molecule has 4 amide bonds. The molecule has 0 bridgehead atoms. The molecule has 8 heteroatoms. The molecule has 0 unspecified atom stereocenters. The highest BCUT2D eigenvalue weighted by molar-refractivity contribution is 6.28. The molecule has 0 atom stereocenters. The van der Waals surface area contributed by atoms with E-state index in [1.54, 1.807) is 6.07 Å². The normalized spacial score (nSPS) is 17.2. The Kier molecular flexibility index (Phi) is 4.12. The third-order valence-corrected chi connectivity index (χ3v) is 2.98. The number of amides is 4. The number of barbiturate groups is 1. The molecule has 1 heterocycles. The third kappa shape index (κ3) is 2.90. The number of nitrogens with zero attached hydrogens (tertiary/aromatic N) is 2. The lowest BCUT2D eigenvalue weighted by Crippen LogP contribution is -2.52. The van der Waals surface area contributed by atoms with Crippen molar-refractivity contribution in [2.75, 3.05) is 7.05 Å². The molecule has 22 heavy (non-hydrogen) atoms. The molecule has 0 aromatic heterocycles. The van der Waals surface area contributed by atoms with E-state index in [1.165, 1.54) is 43.5 Å². The van der Waals surface area contributed by atoms with Crippen molar-refractivity contribution in [3.05, 3.63) is 57.7 Å². The van der Waals surface area contributed by atoms with Crippen molar-refractivity contribution in [1.29, 1.82) is 0 Å². The highest BCUT2D eigenvalue weighted by Gasteiger charge is 2.32. The Labute approximate surface area is 124 Å². The fraction of sp³-hybridized carbons (Fsp3) is 0.0714. The number of rotatable bonds is 3. The average molecular weight is 301 g/mol. The minimum Gasteiger partial charge on any atom is -0.273 e. The largest absolute Gasteiger partial charge is 0.331 e. The highest BCUT2D eigenvalue weighted by atomic mass is 16.6. The van der Waals surface area contributed by atoms with E-state index in [0.717, 1.165) is 4.90 Å². The number of carbonyl (C=O) groups excluding carboxylic acids is 3. The van der Waals surface area contributed by atoms with Crippen molar-refractivity contribution in [2.24, 2.45) is 0 Å². The number of carbonyl (C=O) groups is 3. The van der Waals surface area contributed by atoms with Crippen LogP contribution >= 0.6 is 0 Å². The first-order valence-corrected chi connectivity index (χ1v) is 6.17. The van der Waals surface area contributed by atoms with E-state index in [2.05, 4.69) is 0 Å². The van der Waals surface area contributed by atoms with Gasteiger partial charge in [-0.1, -0.05) is 18.2 Å². The molecule has 0 saturated carbocycles. The van der Waals surface area contributed by atoms with Crippen molar-refractivity contribution >= 4 is 29.6 Å². The van der Waals surface area contributed by atoms with E-state index in [-0.39, 0.29) is 11.3 Å². The highest BCUT2D eigenvalue weighted by Crippen LogP contribution is 2.19. The minimum atomic E-state index is -0.805. The fourth-order valence-electron chi connectivity index (χ4n) is 1.81. The fourth-order valence-corrected chi connectivity index (χ4v) is 1.81. The van der Waals surface area contributed by atoms with E-state index >= 15 is 0 Å². The molecule has 1 saturated heterocycles. The van der Waals surface area contributed by atoms with Gasteiger partial charge in [-0.15, -0.1) is 0 Å². The summed E-state index contributed by atoms with van der Waals surface area (Å²) in [6.45, 7) is 0. The lowest BCUT2D eigenvalue weighted by molar-refractivity contribution is -0.385. The number of para-hydroxylation sites is 1. The van der Waals surface area contributed by atoms with Gasteiger partial charge < -0.3 is 0 Å². The quantitative estimate of drug-likeness (QED) is 0.391. The van der Waals surface area contributed by atoms with Crippen LogP contribution in [0.5, 0.6) is 0 Å². The van der Waals surface area contributed by atoms with Crippen LogP contribution in [0.1, 0.15) is 5.56 Å². The second-order valence-corrected chi connectivity index (χ2v) is 4.38. The first kappa shape index (κ1) is 15.1. The van der Waals surface area contributed by atoms with E-state index in [9.17, 15) is 24.5 Å². The van der Waals surface area contributed by atoms with Gasteiger partial charge in [0.25, 0.3) is 17.5 Å². The molecule has 0 spiro atoms. The number of imide groups is 2. The van der Waals surface area contributed by atoms with Gasteiger partial charge in [-0.05, 0) is 18.2 Å². The lowest BCUT2D eigenvalue weighted by Gasteiger charge is -2.21. The summed E-state index contributed by atoms with van der Waals surface area (Å²) < 4.78 is 0. The summed E-state index contributed by atoms with van der Waals surface area (Å²) in [5, 5.41) is 12.9. The molecule has 1 aromatic rings. The van der Waals surface area contributed by atoms with Gasteiger partial charge in [0.15, 0.2) is 0 Å². The number of allylic oxidation sites excluding steroid dienone is 2. The zero-order valence-corrected chi connectivity index (χ0v) is 11.5. The number of urea groups is 1. The number of hydrogen-bond acceptors (Lipinski definition) is 5. The Hall–Kier alpha value is -3.29. The Morgan fingerprint density at radius 1 is 1.23 bits per heavy atom. The zero-order valence-electron chi connectivity index (χ0n) is 11.5. The number of nitrogens with one attached hydrogen (secondary N) is 1. The van der Waals surface area contributed by atoms with Crippen molar-refractivity contribution < 1.29 is 19.3 Å². The molecular formula is C14H11N3O5. The van der Waals surface area contributed by atoms with Gasteiger partial charge >= 0.3 is 6.03 Å². The summed E-state index contributed by atoms with van der Waals surface area (Å²) in [4.78, 5) is 45.7. The van der Waals surface area contributed by atoms with Gasteiger partial charge in [-0.25, -0.2) is 4.79 Å². The van der Waals surface area contributed by atoms with Crippen molar-refractivity contribution in [2.45, 2.75) is 0 Å². The Bertz CT molecular complexity index is 736. The number of nitro groups is 1. The maximum Gasteiger partial charge on any atom is 0.331 e. The van der Waals surface area contributed by atoms with Gasteiger partial charge in [0.05, 0.1) is 10.5 Å². The number of benzene rings is 1. The smallest absolute Gasteiger partial charge is 0.273 e. The molecule has 1 aliphatic heterocycles. The molecular weight excluding hydrogens is 290 g/mol. The first-order chi connectivity index (χ1) is 10.4. The summed E-state index contributed by atoms with van der Waals surface area (Å²) >= 11 is 0. The topological polar surface area (TPSA) is 110 Å². The predicted octanol–water partition coefficient (Wildman–Crippen LogP) is 1.24. The van der Waals surface area contributed by atoms with Gasteiger partial charge in [-0.2, -0.15) is 0 Å². The van der Waals surface area contributed by atoms with Crippen LogP contribution in [-0.4, -0.2) is 34.7 Å². The molecule has 1 fully saturated rings. The van der Waals surface area contributed by atoms with Crippen LogP contribution in [-0.2, 0) is 9.59 Å². The van der Waals surface area contributed by atoms with Gasteiger partial charge in [0.2, 0.25) is 0 Å². The first-order valence-electron chi connectivity index (χ1n) is 6.17. The van der Waals surface area contributed by atoms with E-state index < -0.39 is 22.8 Å². The third-order valence-electron chi connectivity index (χ3n) is 2.98. The molecule has 1 aromatic carbocycles. The van der Waals surface area contributed by atoms with Crippen molar-refractivity contribution in [3.63, 3.8) is 0 Å².